The van der Waals surface area contributed by atoms with E-state index in [1.165, 1.54) is 24.6 Å². The molecule has 0 radical (unpaired) electrons. The molecule has 0 saturated heterocycles. The van der Waals surface area contributed by atoms with Crippen LogP contribution in [0.4, 0.5) is 0 Å². The molecule has 0 spiro atoms. The Balaban J connectivity index is 1.62. The summed E-state index contributed by atoms with van der Waals surface area (Å²) < 4.78 is 7.00. The number of hydrogen-bond donors (Lipinski definition) is 0. The lowest BCUT2D eigenvalue weighted by Crippen LogP contribution is -2.35. The third kappa shape index (κ3) is 4.90. The van der Waals surface area contributed by atoms with E-state index in [2.05, 4.69) is 11.9 Å². The van der Waals surface area contributed by atoms with Crippen LogP contribution in [0.1, 0.15) is 31.9 Å². The van der Waals surface area contributed by atoms with Gasteiger partial charge in [0.2, 0.25) is 5.91 Å². The van der Waals surface area contributed by atoms with Crippen molar-refractivity contribution in [1.82, 2.24) is 14.5 Å². The average Bonchev–Trinajstić information content (AvgIpc) is 3.40. The first-order chi connectivity index (χ1) is 14.5. The average molecular weight is 446 g/mol. The number of furan rings is 1. The molecule has 0 unspecified atom stereocenters. The maximum absolute atomic E-state index is 13.2. The van der Waals surface area contributed by atoms with Crippen LogP contribution >= 0.6 is 23.4 Å². The van der Waals surface area contributed by atoms with Gasteiger partial charge >= 0.3 is 0 Å². The maximum Gasteiger partial charge on any atom is 0.262 e. The molecule has 1 saturated carbocycles. The Hall–Kier alpha value is -2.25. The zero-order valence-electron chi connectivity index (χ0n) is 16.8. The van der Waals surface area contributed by atoms with Gasteiger partial charge in [-0.3, -0.25) is 14.2 Å². The number of amides is 1. The van der Waals surface area contributed by atoms with Gasteiger partial charge in [0.25, 0.3) is 5.56 Å². The summed E-state index contributed by atoms with van der Waals surface area (Å²) in [6.45, 7) is 3.92. The summed E-state index contributed by atoms with van der Waals surface area (Å²) in [4.78, 5) is 32.6. The summed E-state index contributed by atoms with van der Waals surface area (Å²) in [5, 5.41) is 1.49. The number of thioether (sulfide) groups is 1. The normalized spacial score (nSPS) is 13.7. The highest BCUT2D eigenvalue weighted by atomic mass is 35.5. The van der Waals surface area contributed by atoms with Gasteiger partial charge in [-0.1, -0.05) is 30.3 Å². The number of benzene rings is 1. The SMILES string of the molecule is CCCN(CC1CC1)C(=O)CSc1nc2cc(Cl)ccc2c(=O)n1Cc1ccco1. The number of nitrogens with zero attached hydrogens (tertiary/aromatic N) is 3. The van der Waals surface area contributed by atoms with Crippen LogP contribution in [0.5, 0.6) is 0 Å². The van der Waals surface area contributed by atoms with Gasteiger partial charge in [0.15, 0.2) is 5.16 Å². The number of hydrogen-bond acceptors (Lipinski definition) is 5. The maximum atomic E-state index is 13.2. The number of rotatable bonds is 9. The fraction of sp³-hybridized carbons (Fsp3) is 0.409. The highest BCUT2D eigenvalue weighted by molar-refractivity contribution is 7.99. The first-order valence-electron chi connectivity index (χ1n) is 10.2. The summed E-state index contributed by atoms with van der Waals surface area (Å²) in [7, 11) is 0. The highest BCUT2D eigenvalue weighted by Crippen LogP contribution is 2.30. The van der Waals surface area contributed by atoms with Crippen molar-refractivity contribution in [1.29, 1.82) is 0 Å². The van der Waals surface area contributed by atoms with Gasteiger partial charge in [-0.15, -0.1) is 0 Å². The van der Waals surface area contributed by atoms with E-state index < -0.39 is 0 Å². The highest BCUT2D eigenvalue weighted by Gasteiger charge is 2.26. The quantitative estimate of drug-likeness (QED) is 0.360. The molecule has 0 aliphatic heterocycles. The molecule has 1 aliphatic rings. The molecular formula is C22H24ClN3O3S. The van der Waals surface area contributed by atoms with Crippen molar-refractivity contribution >= 4 is 40.2 Å². The van der Waals surface area contributed by atoms with E-state index in [0.717, 1.165) is 19.5 Å². The molecule has 0 N–H and O–H groups in total. The van der Waals surface area contributed by atoms with Crippen LogP contribution in [0.25, 0.3) is 10.9 Å². The van der Waals surface area contributed by atoms with Crippen LogP contribution in [0.15, 0.2) is 51.0 Å². The van der Waals surface area contributed by atoms with E-state index in [1.807, 2.05) is 11.0 Å². The molecule has 0 bridgehead atoms. The Morgan fingerprint density at radius 3 is 2.90 bits per heavy atom. The smallest absolute Gasteiger partial charge is 0.262 e. The lowest BCUT2D eigenvalue weighted by molar-refractivity contribution is -0.128. The second-order valence-electron chi connectivity index (χ2n) is 7.60. The summed E-state index contributed by atoms with van der Waals surface area (Å²) in [5.74, 6) is 1.62. The topological polar surface area (TPSA) is 68.3 Å². The van der Waals surface area contributed by atoms with E-state index >= 15 is 0 Å². The first-order valence-corrected chi connectivity index (χ1v) is 11.5. The predicted octanol–water partition coefficient (Wildman–Crippen LogP) is 4.43. The standard InChI is InChI=1S/C22H24ClN3O3S/c1-2-9-25(12-15-5-6-15)20(27)14-30-22-24-19-11-16(23)7-8-18(19)21(28)26(22)13-17-4-3-10-29-17/h3-4,7-8,10-11,15H,2,5-6,9,12-14H2,1H3. The van der Waals surface area contributed by atoms with Crippen molar-refractivity contribution in [2.45, 2.75) is 37.9 Å². The van der Waals surface area contributed by atoms with Gasteiger partial charge in [-0.05, 0) is 55.5 Å². The fourth-order valence-corrected chi connectivity index (χ4v) is 4.47. The summed E-state index contributed by atoms with van der Waals surface area (Å²) in [6, 6.07) is 8.64. The van der Waals surface area contributed by atoms with Crippen molar-refractivity contribution in [2.75, 3.05) is 18.8 Å². The third-order valence-corrected chi connectivity index (χ3v) is 6.32. The molecule has 30 heavy (non-hydrogen) atoms. The van der Waals surface area contributed by atoms with Crippen molar-refractivity contribution in [3.63, 3.8) is 0 Å². The van der Waals surface area contributed by atoms with Crippen LogP contribution in [0.2, 0.25) is 5.02 Å². The first kappa shape index (κ1) is 21.0. The Kier molecular flexibility index (Phi) is 6.49. The molecule has 158 valence electrons. The number of aromatic nitrogens is 2. The molecule has 1 aromatic carbocycles. The van der Waals surface area contributed by atoms with Crippen LogP contribution in [0, 0.1) is 5.92 Å². The van der Waals surface area contributed by atoms with E-state index in [0.29, 0.717) is 32.8 Å². The summed E-state index contributed by atoms with van der Waals surface area (Å²) in [5.41, 5.74) is 0.355. The van der Waals surface area contributed by atoms with Gasteiger partial charge in [-0.2, -0.15) is 0 Å². The molecular weight excluding hydrogens is 422 g/mol. The molecule has 0 atom stereocenters. The number of carbonyl (C=O) groups excluding carboxylic acids is 1. The van der Waals surface area contributed by atoms with Gasteiger partial charge < -0.3 is 9.32 Å². The molecule has 8 heteroatoms. The second kappa shape index (κ2) is 9.27. The fourth-order valence-electron chi connectivity index (χ4n) is 3.40. The van der Waals surface area contributed by atoms with Gasteiger partial charge in [0.05, 0.1) is 29.5 Å². The molecule has 4 rings (SSSR count). The zero-order valence-corrected chi connectivity index (χ0v) is 18.4. The van der Waals surface area contributed by atoms with E-state index in [9.17, 15) is 9.59 Å². The Labute approximate surface area is 184 Å². The molecule has 2 heterocycles. The minimum atomic E-state index is -0.175. The number of halogens is 1. The summed E-state index contributed by atoms with van der Waals surface area (Å²) >= 11 is 7.39. The third-order valence-electron chi connectivity index (χ3n) is 5.12. The minimum absolute atomic E-state index is 0.0822. The monoisotopic (exact) mass is 445 g/mol. The number of fused-ring (bicyclic) bond motifs is 1. The predicted molar refractivity (Wildman–Crippen MR) is 119 cm³/mol. The van der Waals surface area contributed by atoms with Crippen molar-refractivity contribution < 1.29 is 9.21 Å². The lowest BCUT2D eigenvalue weighted by Gasteiger charge is -2.22. The van der Waals surface area contributed by atoms with Crippen LogP contribution < -0.4 is 5.56 Å². The van der Waals surface area contributed by atoms with Crippen LogP contribution in [-0.4, -0.2) is 39.2 Å². The van der Waals surface area contributed by atoms with E-state index in [-0.39, 0.29) is 23.8 Å². The molecule has 1 amide bonds. The second-order valence-corrected chi connectivity index (χ2v) is 8.98. The van der Waals surface area contributed by atoms with E-state index in [1.54, 1.807) is 35.1 Å². The zero-order chi connectivity index (χ0) is 21.1. The Morgan fingerprint density at radius 2 is 2.20 bits per heavy atom. The lowest BCUT2D eigenvalue weighted by atomic mass is 10.2. The van der Waals surface area contributed by atoms with Crippen molar-refractivity contribution in [3.05, 3.63) is 57.7 Å². The minimum Gasteiger partial charge on any atom is -0.467 e. The molecule has 6 nitrogen and oxygen atoms in total. The molecule has 1 aliphatic carbocycles. The van der Waals surface area contributed by atoms with Crippen LogP contribution in [0.3, 0.4) is 0 Å². The van der Waals surface area contributed by atoms with E-state index in [4.69, 9.17) is 16.0 Å². The van der Waals surface area contributed by atoms with Crippen LogP contribution in [-0.2, 0) is 11.3 Å². The molecule has 3 aromatic rings. The summed E-state index contributed by atoms with van der Waals surface area (Å²) in [6.07, 6.45) is 4.91. The van der Waals surface area contributed by atoms with Gasteiger partial charge in [0.1, 0.15) is 5.76 Å². The largest absolute Gasteiger partial charge is 0.467 e. The molecule has 2 aromatic heterocycles. The Bertz CT molecular complexity index is 1090. The van der Waals surface area contributed by atoms with Gasteiger partial charge in [0, 0.05) is 18.1 Å². The Morgan fingerprint density at radius 1 is 1.37 bits per heavy atom. The number of carbonyl (C=O) groups is 1. The van der Waals surface area contributed by atoms with Gasteiger partial charge in [-0.25, -0.2) is 4.98 Å². The van der Waals surface area contributed by atoms with Crippen molar-refractivity contribution in [2.24, 2.45) is 5.92 Å². The van der Waals surface area contributed by atoms with Crippen molar-refractivity contribution in [3.8, 4) is 0 Å². The molecule has 1 fully saturated rings.